The average molecular weight is 275 g/mol. The van der Waals surface area contributed by atoms with Crippen molar-refractivity contribution < 1.29 is 4.39 Å². The molecule has 0 saturated heterocycles. The number of hydrogen-bond donors (Lipinski definition) is 1. The second kappa shape index (κ2) is 6.66. The predicted octanol–water partition coefficient (Wildman–Crippen LogP) is 3.77. The number of aromatic nitrogens is 2. The fourth-order valence-electron chi connectivity index (χ4n) is 2.19. The smallest absolute Gasteiger partial charge is 0.131 e. The minimum Gasteiger partial charge on any atom is -0.310 e. The molecule has 0 fully saturated rings. The van der Waals surface area contributed by atoms with Crippen molar-refractivity contribution in [2.75, 3.05) is 6.54 Å². The molecule has 4 heteroatoms. The van der Waals surface area contributed by atoms with Crippen molar-refractivity contribution in [1.82, 2.24) is 15.1 Å². The van der Waals surface area contributed by atoms with Gasteiger partial charge in [-0.1, -0.05) is 13.0 Å². The largest absolute Gasteiger partial charge is 0.310 e. The van der Waals surface area contributed by atoms with Gasteiger partial charge in [0.1, 0.15) is 5.82 Å². The van der Waals surface area contributed by atoms with Crippen molar-refractivity contribution >= 4 is 0 Å². The minimum absolute atomic E-state index is 0.202. The maximum absolute atomic E-state index is 14.0. The van der Waals surface area contributed by atoms with Crippen LogP contribution in [0.3, 0.4) is 0 Å². The molecule has 0 amide bonds. The summed E-state index contributed by atoms with van der Waals surface area (Å²) in [5.41, 5.74) is 2.54. The molecule has 2 aromatic rings. The Labute approximate surface area is 119 Å². The molecule has 0 aliphatic rings. The molecule has 0 spiro atoms. The summed E-state index contributed by atoms with van der Waals surface area (Å²) < 4.78 is 15.8. The third-order valence-corrected chi connectivity index (χ3v) is 3.46. The minimum atomic E-state index is -0.202. The van der Waals surface area contributed by atoms with Crippen molar-refractivity contribution in [2.45, 2.75) is 39.8 Å². The zero-order valence-corrected chi connectivity index (χ0v) is 12.4. The predicted molar refractivity (Wildman–Crippen MR) is 80.0 cm³/mol. The van der Waals surface area contributed by atoms with E-state index in [-0.39, 0.29) is 11.9 Å². The first-order valence-electron chi connectivity index (χ1n) is 7.21. The topological polar surface area (TPSA) is 29.9 Å². The van der Waals surface area contributed by atoms with E-state index < -0.39 is 0 Å². The van der Waals surface area contributed by atoms with E-state index in [1.165, 1.54) is 6.07 Å². The van der Waals surface area contributed by atoms with Crippen LogP contribution in [0.4, 0.5) is 4.39 Å². The van der Waals surface area contributed by atoms with E-state index in [2.05, 4.69) is 24.3 Å². The first-order chi connectivity index (χ1) is 9.65. The molecule has 1 aromatic heterocycles. The first kappa shape index (κ1) is 14.7. The maximum atomic E-state index is 14.0. The zero-order valence-electron chi connectivity index (χ0n) is 12.4. The van der Waals surface area contributed by atoms with Crippen LogP contribution in [0.25, 0.3) is 11.1 Å². The van der Waals surface area contributed by atoms with Crippen molar-refractivity contribution in [2.24, 2.45) is 0 Å². The van der Waals surface area contributed by atoms with Crippen molar-refractivity contribution in [3.63, 3.8) is 0 Å². The molecule has 20 heavy (non-hydrogen) atoms. The van der Waals surface area contributed by atoms with Gasteiger partial charge in [-0.15, -0.1) is 0 Å². The van der Waals surface area contributed by atoms with Gasteiger partial charge in [0.25, 0.3) is 0 Å². The van der Waals surface area contributed by atoms with E-state index in [4.69, 9.17) is 0 Å². The molecule has 1 aromatic carbocycles. The Bertz CT molecular complexity index is 563. The first-order valence-corrected chi connectivity index (χ1v) is 7.21. The van der Waals surface area contributed by atoms with Gasteiger partial charge >= 0.3 is 0 Å². The summed E-state index contributed by atoms with van der Waals surface area (Å²) in [7, 11) is 0. The number of nitrogens with one attached hydrogen (secondary N) is 1. The fourth-order valence-corrected chi connectivity index (χ4v) is 2.19. The van der Waals surface area contributed by atoms with Crippen molar-refractivity contribution in [3.8, 4) is 11.1 Å². The molecule has 0 radical (unpaired) electrons. The van der Waals surface area contributed by atoms with Gasteiger partial charge in [0.15, 0.2) is 0 Å². The molecule has 108 valence electrons. The second-order valence-electron chi connectivity index (χ2n) is 5.00. The highest BCUT2D eigenvalue weighted by atomic mass is 19.1. The molecule has 1 N–H and O–H groups in total. The molecule has 0 aliphatic heterocycles. The lowest BCUT2D eigenvalue weighted by Crippen LogP contribution is -2.19. The van der Waals surface area contributed by atoms with E-state index >= 15 is 0 Å². The Hall–Kier alpha value is -1.68. The Morgan fingerprint density at radius 1 is 1.35 bits per heavy atom. The van der Waals surface area contributed by atoms with Crippen LogP contribution in [0.1, 0.15) is 38.8 Å². The standard InChI is InChI=1S/C16H22FN3/c1-4-8-18-12(3)13-6-7-16(17)15(9-13)14-10-19-20(5-2)11-14/h6-7,9-12,18H,4-5,8H2,1-3H3. The van der Waals surface area contributed by atoms with Crippen LogP contribution in [-0.4, -0.2) is 16.3 Å². The normalized spacial score (nSPS) is 12.6. The Morgan fingerprint density at radius 2 is 2.15 bits per heavy atom. The lowest BCUT2D eigenvalue weighted by molar-refractivity contribution is 0.568. The number of benzene rings is 1. The van der Waals surface area contributed by atoms with Crippen LogP contribution < -0.4 is 5.32 Å². The quantitative estimate of drug-likeness (QED) is 0.869. The van der Waals surface area contributed by atoms with E-state index in [0.717, 1.165) is 30.6 Å². The molecular formula is C16H22FN3. The number of aryl methyl sites for hydroxylation is 1. The molecule has 1 heterocycles. The number of hydrogen-bond acceptors (Lipinski definition) is 2. The molecule has 1 unspecified atom stereocenters. The number of rotatable bonds is 6. The SMILES string of the molecule is CCCNC(C)c1ccc(F)c(-c2cnn(CC)c2)c1. The summed E-state index contributed by atoms with van der Waals surface area (Å²) in [4.78, 5) is 0. The molecule has 3 nitrogen and oxygen atoms in total. The van der Waals surface area contributed by atoms with Gasteiger partial charge in [-0.2, -0.15) is 5.10 Å². The van der Waals surface area contributed by atoms with Crippen molar-refractivity contribution in [3.05, 3.63) is 42.0 Å². The summed E-state index contributed by atoms with van der Waals surface area (Å²) in [6.07, 6.45) is 4.68. The highest BCUT2D eigenvalue weighted by molar-refractivity contribution is 5.63. The number of halogens is 1. The Morgan fingerprint density at radius 3 is 2.80 bits per heavy atom. The lowest BCUT2D eigenvalue weighted by Gasteiger charge is -2.15. The maximum Gasteiger partial charge on any atom is 0.131 e. The second-order valence-corrected chi connectivity index (χ2v) is 5.00. The van der Waals surface area contributed by atoms with Crippen molar-refractivity contribution in [1.29, 1.82) is 0 Å². The molecule has 2 rings (SSSR count). The summed E-state index contributed by atoms with van der Waals surface area (Å²) in [6, 6.07) is 5.52. The van der Waals surface area contributed by atoms with Gasteiger partial charge < -0.3 is 5.32 Å². The van der Waals surface area contributed by atoms with Crippen LogP contribution in [0.2, 0.25) is 0 Å². The van der Waals surface area contributed by atoms with Gasteiger partial charge in [-0.3, -0.25) is 4.68 Å². The van der Waals surface area contributed by atoms with Gasteiger partial charge in [0.05, 0.1) is 6.20 Å². The Balaban J connectivity index is 2.28. The zero-order chi connectivity index (χ0) is 14.5. The van der Waals surface area contributed by atoms with E-state index in [0.29, 0.717) is 5.56 Å². The summed E-state index contributed by atoms with van der Waals surface area (Å²) in [5.74, 6) is -0.202. The van der Waals surface area contributed by atoms with Crippen LogP contribution in [-0.2, 0) is 6.54 Å². The fraction of sp³-hybridized carbons (Fsp3) is 0.438. The van der Waals surface area contributed by atoms with Gasteiger partial charge in [-0.25, -0.2) is 4.39 Å². The van der Waals surface area contributed by atoms with E-state index in [1.807, 2.05) is 25.3 Å². The monoisotopic (exact) mass is 275 g/mol. The molecule has 0 aliphatic carbocycles. The van der Waals surface area contributed by atoms with Crippen LogP contribution in [0.5, 0.6) is 0 Å². The third-order valence-electron chi connectivity index (χ3n) is 3.46. The van der Waals surface area contributed by atoms with E-state index in [1.54, 1.807) is 10.9 Å². The molecular weight excluding hydrogens is 253 g/mol. The third kappa shape index (κ3) is 3.25. The highest BCUT2D eigenvalue weighted by Gasteiger charge is 2.11. The van der Waals surface area contributed by atoms with Crippen LogP contribution in [0, 0.1) is 5.82 Å². The van der Waals surface area contributed by atoms with Gasteiger partial charge in [-0.05, 0) is 44.5 Å². The summed E-state index contributed by atoms with van der Waals surface area (Å²) in [6.45, 7) is 7.99. The molecule has 1 atom stereocenters. The van der Waals surface area contributed by atoms with E-state index in [9.17, 15) is 4.39 Å². The summed E-state index contributed by atoms with van der Waals surface area (Å²) >= 11 is 0. The average Bonchev–Trinajstić information content (AvgIpc) is 2.94. The summed E-state index contributed by atoms with van der Waals surface area (Å²) in [5, 5.41) is 7.63. The number of nitrogens with zero attached hydrogens (tertiary/aromatic N) is 2. The van der Waals surface area contributed by atoms with Gasteiger partial charge in [0, 0.05) is 29.9 Å². The van der Waals surface area contributed by atoms with Crippen LogP contribution >= 0.6 is 0 Å². The lowest BCUT2D eigenvalue weighted by atomic mass is 10.0. The molecule has 0 bridgehead atoms. The van der Waals surface area contributed by atoms with Crippen LogP contribution in [0.15, 0.2) is 30.6 Å². The highest BCUT2D eigenvalue weighted by Crippen LogP contribution is 2.26. The molecule has 0 saturated carbocycles. The Kier molecular flexibility index (Phi) is 4.90. The van der Waals surface area contributed by atoms with Gasteiger partial charge in [0.2, 0.25) is 0 Å².